The first-order chi connectivity index (χ1) is 14.8. The van der Waals surface area contributed by atoms with Crippen LogP contribution < -0.4 is 5.73 Å². The number of carbonyl (C=O) groups excluding carboxylic acids is 3. The van der Waals surface area contributed by atoms with Crippen LogP contribution in [0.2, 0.25) is 0 Å². The molecule has 0 unspecified atom stereocenters. The molecule has 3 rings (SSSR count). The van der Waals surface area contributed by atoms with E-state index in [1.165, 1.54) is 12.1 Å². The lowest BCUT2D eigenvalue weighted by Gasteiger charge is -2.10. The van der Waals surface area contributed by atoms with Crippen molar-refractivity contribution < 1.29 is 40.2 Å². The predicted octanol–water partition coefficient (Wildman–Crippen LogP) is 1.87. The molecule has 2 aromatic carbocycles. The lowest BCUT2D eigenvalue weighted by molar-refractivity contribution is -0.191. The van der Waals surface area contributed by atoms with Crippen molar-refractivity contribution >= 4 is 22.1 Å². The third kappa shape index (κ3) is 5.74. The standard InChI is InChI=1S/C18H16FNO5S.CO2/c1-11-2-6-13(7-3-11)16-15(21)17(18(20)24-16)25-26(22,23)10-12-4-8-14(19)9-5-12;2-1-3/h2-9,16H,10,20H2,1H3;/t16-;/m0./s1/i10D2,16D;. The molecule has 152 valence electrons. The van der Waals surface area contributed by atoms with Gasteiger partial charge in [-0.2, -0.15) is 18.0 Å². The summed E-state index contributed by atoms with van der Waals surface area (Å²) in [5, 5.41) is 0. The quantitative estimate of drug-likeness (QED) is 0.720. The van der Waals surface area contributed by atoms with Gasteiger partial charge < -0.3 is 14.7 Å². The number of hydrogen-bond donors (Lipinski definition) is 1. The summed E-state index contributed by atoms with van der Waals surface area (Å²) < 4.78 is 72.0. The van der Waals surface area contributed by atoms with Crippen molar-refractivity contribution in [2.75, 3.05) is 0 Å². The molecule has 10 heteroatoms. The Kier molecular flexibility index (Phi) is 5.54. The minimum Gasteiger partial charge on any atom is -0.460 e. The highest BCUT2D eigenvalue weighted by molar-refractivity contribution is 7.86. The molecule has 0 aliphatic carbocycles. The van der Waals surface area contributed by atoms with Crippen molar-refractivity contribution in [1.82, 2.24) is 0 Å². The van der Waals surface area contributed by atoms with Gasteiger partial charge in [-0.25, -0.2) is 4.39 Å². The highest BCUT2D eigenvalue weighted by Crippen LogP contribution is 2.32. The van der Waals surface area contributed by atoms with Crippen LogP contribution in [0, 0.1) is 12.7 Å². The summed E-state index contributed by atoms with van der Waals surface area (Å²) in [6.45, 7) is 1.79. The van der Waals surface area contributed by atoms with Crippen molar-refractivity contribution in [3.63, 3.8) is 0 Å². The number of hydrogen-bond acceptors (Lipinski definition) is 8. The van der Waals surface area contributed by atoms with Gasteiger partial charge in [0.15, 0.2) is 6.08 Å². The van der Waals surface area contributed by atoms with Gasteiger partial charge in [0.25, 0.3) is 0 Å². The van der Waals surface area contributed by atoms with E-state index in [1.54, 1.807) is 19.1 Å². The molecule has 29 heavy (non-hydrogen) atoms. The fraction of sp³-hybridized carbons (Fsp3) is 0.158. The van der Waals surface area contributed by atoms with E-state index in [4.69, 9.17) is 24.2 Å². The summed E-state index contributed by atoms with van der Waals surface area (Å²) in [5.74, 6) is -3.64. The van der Waals surface area contributed by atoms with Gasteiger partial charge in [-0.15, -0.1) is 0 Å². The lowest BCUT2D eigenvalue weighted by atomic mass is 10.0. The molecule has 0 saturated heterocycles. The van der Waals surface area contributed by atoms with E-state index in [-0.39, 0.29) is 11.7 Å². The van der Waals surface area contributed by atoms with E-state index >= 15 is 0 Å². The summed E-state index contributed by atoms with van der Waals surface area (Å²) >= 11 is 0. The largest absolute Gasteiger partial charge is 0.460 e. The zero-order chi connectivity index (χ0) is 24.3. The Morgan fingerprint density at radius 1 is 1.21 bits per heavy atom. The number of Topliss-reactive ketones (excluding diaryl/α,β-unsaturated/α-hetero) is 1. The molecule has 1 heterocycles. The molecule has 0 aromatic heterocycles. The fourth-order valence-corrected chi connectivity index (χ4v) is 3.03. The number of aryl methyl sites for hydroxylation is 1. The van der Waals surface area contributed by atoms with Gasteiger partial charge in [-0.1, -0.05) is 42.0 Å². The maximum atomic E-state index is 13.1. The maximum Gasteiger partial charge on any atom is 0.373 e. The van der Waals surface area contributed by atoms with E-state index in [0.29, 0.717) is 0 Å². The van der Waals surface area contributed by atoms with Crippen molar-refractivity contribution in [2.24, 2.45) is 5.73 Å². The Balaban J connectivity index is 0.00000114. The second-order valence-electron chi connectivity index (χ2n) is 5.55. The third-order valence-corrected chi connectivity index (χ3v) is 4.31. The summed E-state index contributed by atoms with van der Waals surface area (Å²) in [7, 11) is -5.13. The van der Waals surface area contributed by atoms with Gasteiger partial charge in [0, 0.05) is 5.56 Å². The van der Waals surface area contributed by atoms with Crippen LogP contribution in [0.4, 0.5) is 4.39 Å². The molecule has 0 bridgehead atoms. The number of ether oxygens (including phenoxy) is 1. The molecule has 0 amide bonds. The molecule has 0 saturated carbocycles. The first-order valence-corrected chi connectivity index (χ1v) is 9.21. The molecule has 2 aromatic rings. The predicted molar refractivity (Wildman–Crippen MR) is 96.3 cm³/mol. The van der Waals surface area contributed by atoms with Crippen molar-refractivity contribution in [1.29, 1.82) is 0 Å². The van der Waals surface area contributed by atoms with Gasteiger partial charge in [0.2, 0.25) is 17.4 Å². The number of carbonyl (C=O) groups is 1. The number of nitrogens with two attached hydrogens (primary N) is 1. The Bertz CT molecular complexity index is 1190. The van der Waals surface area contributed by atoms with Gasteiger partial charge in [0.1, 0.15) is 11.5 Å². The molecular formula is C19H16FNO7S. The highest BCUT2D eigenvalue weighted by Gasteiger charge is 2.39. The van der Waals surface area contributed by atoms with Crippen LogP contribution in [-0.2, 0) is 39.1 Å². The molecule has 8 nitrogen and oxygen atoms in total. The SMILES string of the molecule is O=C=O.[2H]C([2H])(c1ccc(F)cc1)S(=O)(=O)OC1=C(N)O[C@@]([2H])(c2ccc(C)cc2)C1=O. The number of halogens is 1. The Hall–Kier alpha value is -3.49. The zero-order valence-corrected chi connectivity index (χ0v) is 15.7. The second-order valence-corrected chi connectivity index (χ2v) is 6.83. The van der Waals surface area contributed by atoms with Crippen LogP contribution >= 0.6 is 0 Å². The second kappa shape index (κ2) is 9.13. The molecule has 0 fully saturated rings. The minimum atomic E-state index is -5.13. The maximum absolute atomic E-state index is 13.1. The molecule has 1 aliphatic rings. The van der Waals surface area contributed by atoms with Crippen molar-refractivity contribution in [2.45, 2.75) is 18.7 Å². The van der Waals surface area contributed by atoms with Gasteiger partial charge >= 0.3 is 16.3 Å². The average molecular weight is 424 g/mol. The van der Waals surface area contributed by atoms with E-state index in [2.05, 4.69) is 4.18 Å². The lowest BCUT2D eigenvalue weighted by Crippen LogP contribution is -2.16. The first-order valence-electron chi connectivity index (χ1n) is 9.30. The molecule has 0 radical (unpaired) electrons. The Morgan fingerprint density at radius 2 is 1.76 bits per heavy atom. The van der Waals surface area contributed by atoms with Gasteiger partial charge in [-0.3, -0.25) is 4.79 Å². The van der Waals surface area contributed by atoms with Crippen molar-refractivity contribution in [3.05, 3.63) is 82.7 Å². The van der Waals surface area contributed by atoms with Crippen LogP contribution in [0.1, 0.15) is 26.9 Å². The van der Waals surface area contributed by atoms with Crippen LogP contribution in [0.15, 0.2) is 60.2 Å². The third-order valence-electron chi connectivity index (χ3n) is 3.44. The average Bonchev–Trinajstić information content (AvgIpc) is 2.93. The summed E-state index contributed by atoms with van der Waals surface area (Å²) in [6, 6.07) is 9.77. The van der Waals surface area contributed by atoms with Crippen LogP contribution in [0.5, 0.6) is 0 Å². The molecule has 0 spiro atoms. The molecule has 1 atom stereocenters. The van der Waals surface area contributed by atoms with Crippen LogP contribution in [-0.4, -0.2) is 20.4 Å². The monoisotopic (exact) mass is 424 g/mol. The number of benzene rings is 2. The van der Waals surface area contributed by atoms with Crippen LogP contribution in [0.25, 0.3) is 0 Å². The van der Waals surface area contributed by atoms with Crippen LogP contribution in [0.3, 0.4) is 0 Å². The number of rotatable bonds is 5. The van der Waals surface area contributed by atoms with E-state index < -0.39 is 50.7 Å². The Morgan fingerprint density at radius 3 is 2.31 bits per heavy atom. The normalized spacial score (nSPS) is 20.3. The Labute approximate surface area is 170 Å². The minimum absolute atomic E-state index is 0.0913. The summed E-state index contributed by atoms with van der Waals surface area (Å²) in [4.78, 5) is 28.9. The van der Waals surface area contributed by atoms with E-state index in [0.717, 1.165) is 29.8 Å². The van der Waals surface area contributed by atoms with Gasteiger partial charge in [0.05, 0.1) is 4.11 Å². The smallest absolute Gasteiger partial charge is 0.373 e. The first kappa shape index (κ1) is 17.6. The molecule has 1 aliphatic heterocycles. The summed E-state index contributed by atoms with van der Waals surface area (Å²) in [6.07, 6.45) is -2.12. The topological polar surface area (TPSA) is 130 Å². The van der Waals surface area contributed by atoms with E-state index in [1.807, 2.05) is 0 Å². The van der Waals surface area contributed by atoms with Gasteiger partial charge in [-0.05, 0) is 24.6 Å². The van der Waals surface area contributed by atoms with E-state index in [9.17, 15) is 17.6 Å². The molecular weight excluding hydrogens is 405 g/mol. The zero-order valence-electron chi connectivity index (χ0n) is 17.8. The van der Waals surface area contributed by atoms with Crippen molar-refractivity contribution in [3.8, 4) is 0 Å². The molecule has 2 N–H and O–H groups in total. The highest BCUT2D eigenvalue weighted by atomic mass is 32.2. The number of ketones is 1. The summed E-state index contributed by atoms with van der Waals surface area (Å²) in [5.41, 5.74) is 2.97. The fourth-order valence-electron chi connectivity index (χ4n) is 2.18.